The van der Waals surface area contributed by atoms with Crippen molar-refractivity contribution in [1.29, 1.82) is 0 Å². The van der Waals surface area contributed by atoms with Crippen LogP contribution in [0.25, 0.3) is 0 Å². The van der Waals surface area contributed by atoms with Crippen molar-refractivity contribution in [2.24, 2.45) is 0 Å². The number of likely N-dealkylation sites (tertiary alicyclic amines) is 1. The molecule has 8 nitrogen and oxygen atoms in total. The molecule has 1 aliphatic rings. The molecule has 1 aromatic carbocycles. The molecule has 0 unspecified atom stereocenters. The second-order valence-corrected chi connectivity index (χ2v) is 8.55. The molecule has 0 saturated carbocycles. The van der Waals surface area contributed by atoms with Crippen molar-refractivity contribution in [3.63, 3.8) is 0 Å². The van der Waals surface area contributed by atoms with E-state index in [0.29, 0.717) is 31.0 Å². The van der Waals surface area contributed by atoms with Gasteiger partial charge in [0.25, 0.3) is 0 Å². The number of carbonyl (C=O) groups excluding carboxylic acids is 2. The minimum absolute atomic E-state index is 0.163. The van der Waals surface area contributed by atoms with Gasteiger partial charge in [0, 0.05) is 19.0 Å². The monoisotopic (exact) mass is 391 g/mol. The molecular weight excluding hydrogens is 370 g/mol. The summed E-state index contributed by atoms with van der Waals surface area (Å²) >= 11 is 0. The Balaban J connectivity index is 1.61. The molecule has 2 aromatic rings. The van der Waals surface area contributed by atoms with Gasteiger partial charge in [0.2, 0.25) is 11.8 Å². The highest BCUT2D eigenvalue weighted by Crippen LogP contribution is 2.21. The molecule has 144 valence electrons. The molecule has 1 N–H and O–H groups in total. The number of amides is 2. The molecule has 1 saturated heterocycles. The van der Waals surface area contributed by atoms with Crippen molar-refractivity contribution in [2.75, 3.05) is 17.6 Å². The van der Waals surface area contributed by atoms with Crippen molar-refractivity contribution in [2.45, 2.75) is 37.1 Å². The fraction of sp³-hybridized carbons (Fsp3) is 0.389. The van der Waals surface area contributed by atoms with Gasteiger partial charge in [-0.15, -0.1) is 0 Å². The Bertz CT molecular complexity index is 923. The molecule has 1 atom stereocenters. The van der Waals surface area contributed by atoms with Gasteiger partial charge in [-0.1, -0.05) is 23.4 Å². The van der Waals surface area contributed by atoms with Gasteiger partial charge in [-0.25, -0.2) is 8.42 Å². The SMILES string of the molecule is Cc1cc(NC(=O)[C@@H]2CCCN2C(=O)CCS(=O)(=O)c2ccccc2)no1. The lowest BCUT2D eigenvalue weighted by Crippen LogP contribution is -2.43. The molecule has 2 heterocycles. The van der Waals surface area contributed by atoms with E-state index in [0.717, 1.165) is 0 Å². The predicted molar refractivity (Wildman–Crippen MR) is 97.7 cm³/mol. The van der Waals surface area contributed by atoms with Crippen LogP contribution in [-0.2, 0) is 19.4 Å². The van der Waals surface area contributed by atoms with Gasteiger partial charge in [-0.2, -0.15) is 0 Å². The van der Waals surface area contributed by atoms with Crippen LogP contribution in [0.2, 0.25) is 0 Å². The Morgan fingerprint density at radius 3 is 2.70 bits per heavy atom. The van der Waals surface area contributed by atoms with Gasteiger partial charge in [0.1, 0.15) is 11.8 Å². The molecular formula is C18H21N3O5S. The third-order valence-electron chi connectivity index (χ3n) is 4.44. The van der Waals surface area contributed by atoms with Crippen LogP contribution in [0.1, 0.15) is 25.0 Å². The second kappa shape index (κ2) is 7.91. The van der Waals surface area contributed by atoms with Crippen molar-refractivity contribution in [3.05, 3.63) is 42.2 Å². The number of carbonyl (C=O) groups is 2. The molecule has 1 aromatic heterocycles. The fourth-order valence-corrected chi connectivity index (χ4v) is 4.33. The first kappa shape index (κ1) is 19.1. The maximum absolute atomic E-state index is 12.5. The molecule has 2 amide bonds. The quantitative estimate of drug-likeness (QED) is 0.804. The predicted octanol–water partition coefficient (Wildman–Crippen LogP) is 1.78. The number of hydrogen-bond acceptors (Lipinski definition) is 6. The van der Waals surface area contributed by atoms with E-state index in [1.807, 2.05) is 0 Å². The van der Waals surface area contributed by atoms with Crippen LogP contribution in [-0.4, -0.2) is 48.6 Å². The topological polar surface area (TPSA) is 110 Å². The van der Waals surface area contributed by atoms with Gasteiger partial charge in [0.05, 0.1) is 10.6 Å². The lowest BCUT2D eigenvalue weighted by Gasteiger charge is -2.23. The minimum atomic E-state index is -3.54. The number of benzene rings is 1. The smallest absolute Gasteiger partial charge is 0.248 e. The molecule has 0 spiro atoms. The van der Waals surface area contributed by atoms with Crippen LogP contribution in [0.4, 0.5) is 5.82 Å². The maximum atomic E-state index is 12.5. The van der Waals surface area contributed by atoms with Gasteiger partial charge in [-0.05, 0) is 31.9 Å². The van der Waals surface area contributed by atoms with E-state index < -0.39 is 15.9 Å². The summed E-state index contributed by atoms with van der Waals surface area (Å²) in [7, 11) is -3.54. The van der Waals surface area contributed by atoms with E-state index in [4.69, 9.17) is 4.52 Å². The first-order valence-electron chi connectivity index (χ1n) is 8.68. The van der Waals surface area contributed by atoms with Crippen LogP contribution < -0.4 is 5.32 Å². The van der Waals surface area contributed by atoms with Gasteiger partial charge in [-0.3, -0.25) is 9.59 Å². The molecule has 27 heavy (non-hydrogen) atoms. The second-order valence-electron chi connectivity index (χ2n) is 6.44. The van der Waals surface area contributed by atoms with E-state index in [-0.39, 0.29) is 28.9 Å². The lowest BCUT2D eigenvalue weighted by atomic mass is 10.2. The van der Waals surface area contributed by atoms with Crippen LogP contribution >= 0.6 is 0 Å². The minimum Gasteiger partial charge on any atom is -0.360 e. The van der Waals surface area contributed by atoms with E-state index in [1.165, 1.54) is 17.0 Å². The van der Waals surface area contributed by atoms with Crippen molar-refractivity contribution < 1.29 is 22.5 Å². The number of aryl methyl sites for hydroxylation is 1. The molecule has 9 heteroatoms. The highest BCUT2D eigenvalue weighted by Gasteiger charge is 2.34. The first-order chi connectivity index (χ1) is 12.9. The molecule has 0 bridgehead atoms. The summed E-state index contributed by atoms with van der Waals surface area (Å²) in [5.74, 6) is -0.119. The maximum Gasteiger partial charge on any atom is 0.248 e. The van der Waals surface area contributed by atoms with Gasteiger partial charge in [0.15, 0.2) is 15.7 Å². The number of nitrogens with zero attached hydrogens (tertiary/aromatic N) is 2. The highest BCUT2D eigenvalue weighted by atomic mass is 32.2. The molecule has 0 radical (unpaired) electrons. The van der Waals surface area contributed by atoms with Crippen molar-refractivity contribution >= 4 is 27.5 Å². The molecule has 0 aliphatic carbocycles. The number of sulfone groups is 1. The number of rotatable bonds is 6. The summed E-state index contributed by atoms with van der Waals surface area (Å²) in [6.45, 7) is 2.14. The Labute approximate surface area is 157 Å². The lowest BCUT2D eigenvalue weighted by molar-refractivity contribution is -0.136. The number of aromatic nitrogens is 1. The summed E-state index contributed by atoms with van der Waals surface area (Å²) in [4.78, 5) is 26.6. The van der Waals surface area contributed by atoms with E-state index in [2.05, 4.69) is 10.5 Å². The average Bonchev–Trinajstić information content (AvgIpc) is 3.29. The Hall–Kier alpha value is -2.68. The van der Waals surface area contributed by atoms with Crippen molar-refractivity contribution in [3.8, 4) is 0 Å². The van der Waals surface area contributed by atoms with Crippen LogP contribution in [0.5, 0.6) is 0 Å². The first-order valence-corrected chi connectivity index (χ1v) is 10.3. The fourth-order valence-electron chi connectivity index (χ4n) is 3.08. The van der Waals surface area contributed by atoms with Crippen LogP contribution in [0.3, 0.4) is 0 Å². The standard InChI is InChI=1S/C18H21N3O5S/c1-13-12-16(20-26-13)19-18(23)15-8-5-10-21(15)17(22)9-11-27(24,25)14-6-3-2-4-7-14/h2-4,6-7,12,15H,5,8-11H2,1H3,(H,19,20,23)/t15-/m0/s1. The number of hydrogen-bond donors (Lipinski definition) is 1. The highest BCUT2D eigenvalue weighted by molar-refractivity contribution is 7.91. The molecule has 1 aliphatic heterocycles. The Morgan fingerprint density at radius 2 is 2.04 bits per heavy atom. The Kier molecular flexibility index (Phi) is 5.59. The van der Waals surface area contributed by atoms with E-state index in [1.54, 1.807) is 31.2 Å². The summed E-state index contributed by atoms with van der Waals surface area (Å²) in [5, 5.41) is 6.34. The normalized spacial score (nSPS) is 17.1. The summed E-state index contributed by atoms with van der Waals surface area (Å²) in [6, 6.07) is 8.98. The Morgan fingerprint density at radius 1 is 1.30 bits per heavy atom. The van der Waals surface area contributed by atoms with Crippen molar-refractivity contribution in [1.82, 2.24) is 10.1 Å². The third-order valence-corrected chi connectivity index (χ3v) is 6.17. The third kappa shape index (κ3) is 4.54. The van der Waals surface area contributed by atoms with E-state index in [9.17, 15) is 18.0 Å². The van der Waals surface area contributed by atoms with Crippen LogP contribution in [0, 0.1) is 6.92 Å². The average molecular weight is 391 g/mol. The summed E-state index contributed by atoms with van der Waals surface area (Å²) in [6.07, 6.45) is 1.05. The van der Waals surface area contributed by atoms with E-state index >= 15 is 0 Å². The largest absolute Gasteiger partial charge is 0.360 e. The molecule has 1 fully saturated rings. The summed E-state index contributed by atoms with van der Waals surface area (Å²) < 4.78 is 29.6. The number of nitrogens with one attached hydrogen (secondary N) is 1. The number of anilines is 1. The zero-order chi connectivity index (χ0) is 19.4. The molecule has 3 rings (SSSR count). The van der Waals surface area contributed by atoms with Crippen LogP contribution in [0.15, 0.2) is 45.8 Å². The van der Waals surface area contributed by atoms with Gasteiger partial charge < -0.3 is 14.7 Å². The zero-order valence-corrected chi connectivity index (χ0v) is 15.7. The zero-order valence-electron chi connectivity index (χ0n) is 14.9. The van der Waals surface area contributed by atoms with Gasteiger partial charge >= 0.3 is 0 Å². The summed E-state index contributed by atoms with van der Waals surface area (Å²) in [5.41, 5.74) is 0.